The van der Waals surface area contributed by atoms with Crippen molar-refractivity contribution < 1.29 is 9.53 Å². The predicted octanol–water partition coefficient (Wildman–Crippen LogP) is 3.27. The maximum atomic E-state index is 12.1. The molecule has 0 unspecified atom stereocenters. The van der Waals surface area contributed by atoms with Crippen molar-refractivity contribution in [2.75, 3.05) is 25.0 Å². The zero-order valence-electron chi connectivity index (χ0n) is 14.5. The van der Waals surface area contributed by atoms with E-state index in [0.717, 1.165) is 18.5 Å². The summed E-state index contributed by atoms with van der Waals surface area (Å²) in [6.45, 7) is 8.88. The van der Waals surface area contributed by atoms with E-state index in [-0.39, 0.29) is 12.1 Å². The highest BCUT2D eigenvalue weighted by Gasteiger charge is 2.29. The predicted molar refractivity (Wildman–Crippen MR) is 91.0 cm³/mol. The number of hydrogen-bond donors (Lipinski definition) is 0. The summed E-state index contributed by atoms with van der Waals surface area (Å²) < 4.78 is 5.42. The number of piperidine rings is 1. The van der Waals surface area contributed by atoms with Crippen LogP contribution in [0.2, 0.25) is 5.15 Å². The molecule has 0 aromatic carbocycles. The second kappa shape index (κ2) is 6.91. The molecule has 0 bridgehead atoms. The minimum Gasteiger partial charge on any atom is -0.444 e. The molecular formula is C16H25ClN4O2. The maximum Gasteiger partial charge on any atom is 0.410 e. The summed E-state index contributed by atoms with van der Waals surface area (Å²) in [5.41, 5.74) is 0.384. The lowest BCUT2D eigenvalue weighted by Crippen LogP contribution is -2.47. The number of rotatable bonds is 2. The van der Waals surface area contributed by atoms with E-state index in [2.05, 4.69) is 9.97 Å². The molecule has 1 aliphatic rings. The lowest BCUT2D eigenvalue weighted by atomic mass is 10.0. The summed E-state index contributed by atoms with van der Waals surface area (Å²) in [7, 11) is 1.97. The number of anilines is 1. The van der Waals surface area contributed by atoms with E-state index in [1.807, 2.05) is 39.6 Å². The first-order chi connectivity index (χ1) is 10.7. The summed E-state index contributed by atoms with van der Waals surface area (Å²) in [6, 6.07) is 2.02. The standard InChI is InChI=1S/C16H25ClN4O2/c1-11-10-13(17)19-14(18-11)20(5)12-6-8-21(9-7-12)15(22)23-16(2,3)4/h10,12H,6-9H2,1-5H3. The van der Waals surface area contributed by atoms with Crippen molar-refractivity contribution in [2.45, 2.75) is 52.2 Å². The lowest BCUT2D eigenvalue weighted by Gasteiger charge is -2.37. The van der Waals surface area contributed by atoms with E-state index in [1.54, 1.807) is 11.0 Å². The van der Waals surface area contributed by atoms with Crippen LogP contribution in [-0.2, 0) is 4.74 Å². The van der Waals surface area contributed by atoms with Crippen molar-refractivity contribution >= 4 is 23.6 Å². The van der Waals surface area contributed by atoms with Gasteiger partial charge in [-0.2, -0.15) is 0 Å². The second-order valence-corrected chi connectivity index (χ2v) is 7.33. The number of hydrogen-bond acceptors (Lipinski definition) is 5. The first kappa shape index (κ1) is 17.8. The highest BCUT2D eigenvalue weighted by Crippen LogP contribution is 2.22. The average molecular weight is 341 g/mol. The Kier molecular flexibility index (Phi) is 5.34. The fraction of sp³-hybridized carbons (Fsp3) is 0.688. The minimum atomic E-state index is -0.461. The number of carbonyl (C=O) groups excluding carboxylic acids is 1. The SMILES string of the molecule is Cc1cc(Cl)nc(N(C)C2CCN(C(=O)OC(C)(C)C)CC2)n1. The number of carbonyl (C=O) groups is 1. The molecule has 1 aromatic heterocycles. The van der Waals surface area contributed by atoms with Crippen molar-refractivity contribution in [3.8, 4) is 0 Å². The van der Waals surface area contributed by atoms with Gasteiger partial charge in [-0.25, -0.2) is 14.8 Å². The van der Waals surface area contributed by atoms with Crippen LogP contribution in [0.5, 0.6) is 0 Å². The monoisotopic (exact) mass is 340 g/mol. The molecule has 23 heavy (non-hydrogen) atoms. The van der Waals surface area contributed by atoms with Crippen molar-refractivity contribution in [3.63, 3.8) is 0 Å². The van der Waals surface area contributed by atoms with Crippen LogP contribution in [0.4, 0.5) is 10.7 Å². The molecule has 0 aliphatic carbocycles. The van der Waals surface area contributed by atoms with Gasteiger partial charge in [-0.05, 0) is 46.6 Å². The molecule has 7 heteroatoms. The first-order valence-corrected chi connectivity index (χ1v) is 8.25. The molecule has 0 saturated carbocycles. The van der Waals surface area contributed by atoms with Crippen LogP contribution < -0.4 is 4.90 Å². The molecule has 2 rings (SSSR count). The normalized spacial score (nSPS) is 16.3. The Hall–Kier alpha value is -1.56. The van der Waals surface area contributed by atoms with E-state index in [0.29, 0.717) is 24.2 Å². The number of amides is 1. The Morgan fingerprint density at radius 2 is 1.96 bits per heavy atom. The smallest absolute Gasteiger partial charge is 0.410 e. The van der Waals surface area contributed by atoms with Crippen molar-refractivity contribution in [3.05, 3.63) is 16.9 Å². The Bertz CT molecular complexity index is 545. The minimum absolute atomic E-state index is 0.242. The van der Waals surface area contributed by atoms with Crippen LogP contribution in [0.3, 0.4) is 0 Å². The molecule has 0 atom stereocenters. The zero-order chi connectivity index (χ0) is 17.2. The number of likely N-dealkylation sites (tertiary alicyclic amines) is 1. The van der Waals surface area contributed by atoms with Gasteiger partial charge in [-0.1, -0.05) is 11.6 Å². The fourth-order valence-corrected chi connectivity index (χ4v) is 2.83. The van der Waals surface area contributed by atoms with Crippen LogP contribution in [0.25, 0.3) is 0 Å². The van der Waals surface area contributed by atoms with Gasteiger partial charge in [0.2, 0.25) is 5.95 Å². The van der Waals surface area contributed by atoms with Crippen LogP contribution in [0.15, 0.2) is 6.07 Å². The van der Waals surface area contributed by atoms with Crippen LogP contribution >= 0.6 is 11.6 Å². The van der Waals surface area contributed by atoms with Gasteiger partial charge < -0.3 is 14.5 Å². The molecule has 0 N–H and O–H groups in total. The van der Waals surface area contributed by atoms with E-state index in [4.69, 9.17) is 16.3 Å². The van der Waals surface area contributed by atoms with E-state index < -0.39 is 5.60 Å². The van der Waals surface area contributed by atoms with E-state index in [9.17, 15) is 4.79 Å². The van der Waals surface area contributed by atoms with Gasteiger partial charge in [0.05, 0.1) is 0 Å². The number of aromatic nitrogens is 2. The third-order valence-electron chi connectivity index (χ3n) is 3.79. The molecule has 1 amide bonds. The van der Waals surface area contributed by atoms with Gasteiger partial charge in [0.1, 0.15) is 10.8 Å². The molecule has 6 nitrogen and oxygen atoms in total. The van der Waals surface area contributed by atoms with E-state index in [1.165, 1.54) is 0 Å². The Labute approximate surface area is 142 Å². The Morgan fingerprint density at radius 3 is 2.48 bits per heavy atom. The molecular weight excluding hydrogens is 316 g/mol. The van der Waals surface area contributed by atoms with Gasteiger partial charge >= 0.3 is 6.09 Å². The third-order valence-corrected chi connectivity index (χ3v) is 3.98. The van der Waals surface area contributed by atoms with Gasteiger partial charge in [0.25, 0.3) is 0 Å². The highest BCUT2D eigenvalue weighted by molar-refractivity contribution is 6.29. The summed E-state index contributed by atoms with van der Waals surface area (Å²) in [5, 5.41) is 0.450. The highest BCUT2D eigenvalue weighted by atomic mass is 35.5. The van der Waals surface area contributed by atoms with Gasteiger partial charge in [-0.15, -0.1) is 0 Å². The summed E-state index contributed by atoms with van der Waals surface area (Å²) in [4.78, 5) is 24.6. The molecule has 1 aliphatic heterocycles. The lowest BCUT2D eigenvalue weighted by molar-refractivity contribution is 0.0205. The molecule has 128 valence electrons. The van der Waals surface area contributed by atoms with Gasteiger partial charge in [0, 0.05) is 31.9 Å². The second-order valence-electron chi connectivity index (χ2n) is 6.94. The largest absolute Gasteiger partial charge is 0.444 e. The quantitative estimate of drug-likeness (QED) is 0.773. The summed E-state index contributed by atoms with van der Waals surface area (Å²) >= 11 is 6.01. The maximum absolute atomic E-state index is 12.1. The first-order valence-electron chi connectivity index (χ1n) is 7.87. The Balaban J connectivity index is 1.94. The number of nitrogens with zero attached hydrogens (tertiary/aromatic N) is 4. The molecule has 0 spiro atoms. The Morgan fingerprint density at radius 1 is 1.35 bits per heavy atom. The molecule has 1 fully saturated rings. The van der Waals surface area contributed by atoms with Crippen LogP contribution in [-0.4, -0.2) is 52.7 Å². The van der Waals surface area contributed by atoms with Crippen molar-refractivity contribution in [1.82, 2.24) is 14.9 Å². The fourth-order valence-electron chi connectivity index (χ4n) is 2.60. The average Bonchev–Trinajstić information content (AvgIpc) is 2.44. The molecule has 1 saturated heterocycles. The summed E-state index contributed by atoms with van der Waals surface area (Å²) in [5.74, 6) is 0.630. The van der Waals surface area contributed by atoms with Gasteiger partial charge in [-0.3, -0.25) is 0 Å². The van der Waals surface area contributed by atoms with Gasteiger partial charge in [0.15, 0.2) is 0 Å². The topological polar surface area (TPSA) is 58.6 Å². The molecule has 2 heterocycles. The van der Waals surface area contributed by atoms with Crippen molar-refractivity contribution in [1.29, 1.82) is 0 Å². The molecule has 1 aromatic rings. The zero-order valence-corrected chi connectivity index (χ0v) is 15.2. The van der Waals surface area contributed by atoms with Crippen LogP contribution in [0.1, 0.15) is 39.3 Å². The number of aryl methyl sites for hydroxylation is 1. The number of ether oxygens (including phenoxy) is 1. The van der Waals surface area contributed by atoms with Crippen molar-refractivity contribution in [2.24, 2.45) is 0 Å². The van der Waals surface area contributed by atoms with E-state index >= 15 is 0 Å². The van der Waals surface area contributed by atoms with Crippen LogP contribution in [0, 0.1) is 6.92 Å². The molecule has 0 radical (unpaired) electrons. The number of halogens is 1. The summed E-state index contributed by atoms with van der Waals surface area (Å²) in [6.07, 6.45) is 1.46. The third kappa shape index (κ3) is 4.96.